The van der Waals surface area contributed by atoms with E-state index in [1.165, 1.54) is 20.0 Å². The van der Waals surface area contributed by atoms with Crippen molar-refractivity contribution in [3.05, 3.63) is 65.2 Å². The Morgan fingerprint density at radius 2 is 1.45 bits per heavy atom. The molecule has 1 saturated carbocycles. The van der Waals surface area contributed by atoms with Gasteiger partial charge in [-0.05, 0) is 55.3 Å². The molecule has 0 aromatic heterocycles. The zero-order valence-electron chi connectivity index (χ0n) is 16.6. The summed E-state index contributed by atoms with van der Waals surface area (Å²) in [5.74, 6) is -0.899. The number of hydrogen-bond acceptors (Lipinski definition) is 4. The number of methoxy groups -OCH3 is 1. The van der Waals surface area contributed by atoms with E-state index in [0.717, 1.165) is 25.7 Å². The van der Waals surface area contributed by atoms with Gasteiger partial charge in [-0.1, -0.05) is 31.7 Å². The Morgan fingerprint density at radius 1 is 0.828 bits per heavy atom. The van der Waals surface area contributed by atoms with Gasteiger partial charge in [0.2, 0.25) is 0 Å². The van der Waals surface area contributed by atoms with Gasteiger partial charge in [0.1, 0.15) is 0 Å². The maximum atomic E-state index is 12.6. The van der Waals surface area contributed by atoms with Crippen LogP contribution < -0.4 is 10.6 Å². The molecule has 3 rings (SSSR count). The fourth-order valence-corrected chi connectivity index (χ4v) is 3.50. The molecule has 0 bridgehead atoms. The molecule has 1 fully saturated rings. The average Bonchev–Trinajstić information content (AvgIpc) is 3.02. The smallest absolute Gasteiger partial charge is 0.337 e. The van der Waals surface area contributed by atoms with Crippen molar-refractivity contribution < 1.29 is 19.1 Å². The molecule has 1 aliphatic rings. The number of carbonyl (C=O) groups is 3. The molecule has 0 saturated heterocycles. The van der Waals surface area contributed by atoms with E-state index in [1.807, 2.05) is 0 Å². The van der Waals surface area contributed by atoms with E-state index >= 15 is 0 Å². The predicted molar refractivity (Wildman–Crippen MR) is 111 cm³/mol. The number of ether oxygens (including phenoxy) is 1. The van der Waals surface area contributed by atoms with Gasteiger partial charge < -0.3 is 15.4 Å². The molecule has 2 N–H and O–H groups in total. The van der Waals surface area contributed by atoms with Crippen LogP contribution in [0.5, 0.6) is 0 Å². The van der Waals surface area contributed by atoms with Gasteiger partial charge in [0.15, 0.2) is 0 Å². The Balaban J connectivity index is 1.64. The van der Waals surface area contributed by atoms with Gasteiger partial charge >= 0.3 is 5.97 Å². The first kappa shape index (κ1) is 20.6. The van der Waals surface area contributed by atoms with E-state index < -0.39 is 5.97 Å². The molecular weight excluding hydrogens is 368 g/mol. The second-order valence-electron chi connectivity index (χ2n) is 7.27. The Morgan fingerprint density at radius 3 is 2.07 bits per heavy atom. The minimum absolute atomic E-state index is 0.144. The van der Waals surface area contributed by atoms with Crippen molar-refractivity contribution in [2.75, 3.05) is 12.4 Å². The fourth-order valence-electron chi connectivity index (χ4n) is 3.50. The van der Waals surface area contributed by atoms with E-state index in [4.69, 9.17) is 0 Å². The van der Waals surface area contributed by atoms with E-state index in [1.54, 1.807) is 48.5 Å². The highest BCUT2D eigenvalue weighted by Crippen LogP contribution is 2.18. The van der Waals surface area contributed by atoms with Crippen LogP contribution in [0.25, 0.3) is 0 Å². The van der Waals surface area contributed by atoms with Crippen molar-refractivity contribution in [1.82, 2.24) is 5.32 Å². The van der Waals surface area contributed by atoms with Gasteiger partial charge in [0.05, 0.1) is 12.7 Å². The quantitative estimate of drug-likeness (QED) is 0.589. The lowest BCUT2D eigenvalue weighted by atomic mass is 10.1. The number of esters is 1. The van der Waals surface area contributed by atoms with Crippen LogP contribution in [-0.2, 0) is 4.74 Å². The molecule has 29 heavy (non-hydrogen) atoms. The van der Waals surface area contributed by atoms with Crippen LogP contribution >= 0.6 is 0 Å². The normalized spacial score (nSPS) is 14.5. The van der Waals surface area contributed by atoms with Crippen LogP contribution in [0.1, 0.15) is 69.6 Å². The summed E-state index contributed by atoms with van der Waals surface area (Å²) in [7, 11) is 1.32. The molecule has 1 aliphatic carbocycles. The zero-order chi connectivity index (χ0) is 20.6. The van der Waals surface area contributed by atoms with Crippen LogP contribution in [0, 0.1) is 0 Å². The van der Waals surface area contributed by atoms with Crippen molar-refractivity contribution in [1.29, 1.82) is 0 Å². The molecular formula is C23H26N2O4. The number of amides is 2. The first-order valence-electron chi connectivity index (χ1n) is 9.97. The van der Waals surface area contributed by atoms with Crippen LogP contribution in [0.3, 0.4) is 0 Å². The summed E-state index contributed by atoms with van der Waals surface area (Å²) in [6, 6.07) is 13.3. The number of carbonyl (C=O) groups excluding carboxylic acids is 3. The predicted octanol–water partition coefficient (Wildman–Crippen LogP) is 4.18. The van der Waals surface area contributed by atoms with Crippen molar-refractivity contribution in [3.8, 4) is 0 Å². The average molecular weight is 394 g/mol. The first-order chi connectivity index (χ1) is 14.1. The highest BCUT2D eigenvalue weighted by molar-refractivity contribution is 6.06. The van der Waals surface area contributed by atoms with Crippen LogP contribution in [0.2, 0.25) is 0 Å². The lowest BCUT2D eigenvalue weighted by Crippen LogP contribution is -2.34. The highest BCUT2D eigenvalue weighted by atomic mass is 16.5. The zero-order valence-corrected chi connectivity index (χ0v) is 16.6. The van der Waals surface area contributed by atoms with E-state index in [9.17, 15) is 14.4 Å². The standard InChI is InChI=1S/C23H26N2O4/c1-29-23(28)16-11-13-20(14-12-16)25-22(27)18-8-6-7-17(15-18)21(26)24-19-9-4-2-3-5-10-19/h6-8,11-15,19H,2-5,9-10H2,1H3,(H,24,26)(H,25,27). The number of benzene rings is 2. The number of rotatable bonds is 5. The SMILES string of the molecule is COC(=O)c1ccc(NC(=O)c2cccc(C(=O)NC3CCCCCC3)c2)cc1. The molecule has 2 aromatic carbocycles. The topological polar surface area (TPSA) is 84.5 Å². The van der Waals surface area contributed by atoms with Crippen LogP contribution in [-0.4, -0.2) is 30.9 Å². The van der Waals surface area contributed by atoms with E-state index in [2.05, 4.69) is 15.4 Å². The minimum Gasteiger partial charge on any atom is -0.465 e. The maximum absolute atomic E-state index is 12.6. The summed E-state index contributed by atoms with van der Waals surface area (Å²) in [4.78, 5) is 36.7. The molecule has 0 unspecified atom stereocenters. The molecule has 6 nitrogen and oxygen atoms in total. The fraction of sp³-hybridized carbons (Fsp3) is 0.348. The van der Waals surface area contributed by atoms with Gasteiger partial charge in [-0.25, -0.2) is 4.79 Å². The van der Waals surface area contributed by atoms with Gasteiger partial charge in [-0.2, -0.15) is 0 Å². The Kier molecular flexibility index (Phi) is 7.00. The van der Waals surface area contributed by atoms with Crippen molar-refractivity contribution in [2.24, 2.45) is 0 Å². The summed E-state index contributed by atoms with van der Waals surface area (Å²) in [6.07, 6.45) is 6.75. The number of nitrogens with one attached hydrogen (secondary N) is 2. The van der Waals surface area contributed by atoms with E-state index in [0.29, 0.717) is 22.4 Å². The van der Waals surface area contributed by atoms with Gasteiger partial charge in [0, 0.05) is 22.9 Å². The third kappa shape index (κ3) is 5.67. The summed E-state index contributed by atoms with van der Waals surface area (Å²) >= 11 is 0. The number of hydrogen-bond donors (Lipinski definition) is 2. The Labute approximate surface area is 170 Å². The van der Waals surface area contributed by atoms with Crippen molar-refractivity contribution in [2.45, 2.75) is 44.6 Å². The molecule has 0 heterocycles. The van der Waals surface area contributed by atoms with Crippen molar-refractivity contribution >= 4 is 23.5 Å². The van der Waals surface area contributed by atoms with Crippen LogP contribution in [0.4, 0.5) is 5.69 Å². The second-order valence-corrected chi connectivity index (χ2v) is 7.27. The van der Waals surface area contributed by atoms with Gasteiger partial charge in [0.25, 0.3) is 11.8 Å². The van der Waals surface area contributed by atoms with E-state index in [-0.39, 0.29) is 17.9 Å². The van der Waals surface area contributed by atoms with Crippen molar-refractivity contribution in [3.63, 3.8) is 0 Å². The third-order valence-corrected chi connectivity index (χ3v) is 5.14. The molecule has 152 valence electrons. The molecule has 6 heteroatoms. The molecule has 0 spiro atoms. The lowest BCUT2D eigenvalue weighted by molar-refractivity contribution is 0.0600. The maximum Gasteiger partial charge on any atom is 0.337 e. The molecule has 2 aromatic rings. The minimum atomic E-state index is -0.435. The summed E-state index contributed by atoms with van der Waals surface area (Å²) in [5.41, 5.74) is 1.83. The highest BCUT2D eigenvalue weighted by Gasteiger charge is 2.17. The monoisotopic (exact) mass is 394 g/mol. The number of anilines is 1. The Bertz CT molecular complexity index is 869. The summed E-state index contributed by atoms with van der Waals surface area (Å²) in [5, 5.41) is 5.87. The van der Waals surface area contributed by atoms with Gasteiger partial charge in [-0.15, -0.1) is 0 Å². The molecule has 2 amide bonds. The third-order valence-electron chi connectivity index (χ3n) is 5.14. The lowest BCUT2D eigenvalue weighted by Gasteiger charge is -2.16. The molecule has 0 radical (unpaired) electrons. The summed E-state index contributed by atoms with van der Waals surface area (Å²) in [6.45, 7) is 0. The second kappa shape index (κ2) is 9.87. The Hall–Kier alpha value is -3.15. The first-order valence-corrected chi connectivity index (χ1v) is 9.97. The largest absolute Gasteiger partial charge is 0.465 e. The van der Waals surface area contributed by atoms with Crippen LogP contribution in [0.15, 0.2) is 48.5 Å². The van der Waals surface area contributed by atoms with Gasteiger partial charge in [-0.3, -0.25) is 9.59 Å². The summed E-state index contributed by atoms with van der Waals surface area (Å²) < 4.78 is 4.66. The molecule has 0 aliphatic heterocycles. The molecule has 0 atom stereocenters.